The van der Waals surface area contributed by atoms with E-state index in [0.717, 1.165) is 26.1 Å². The zero-order valence-corrected chi connectivity index (χ0v) is 10.8. The highest BCUT2D eigenvalue weighted by Gasteiger charge is 2.25. The van der Waals surface area contributed by atoms with Gasteiger partial charge in [-0.05, 0) is 21.9 Å². The first-order chi connectivity index (χ1) is 8.90. The minimum atomic E-state index is 0. The third-order valence-electron chi connectivity index (χ3n) is 3.80. The second-order valence-corrected chi connectivity index (χ2v) is 5.25. The molecule has 2 saturated heterocycles. The molecule has 0 radical (unpaired) electrons. The van der Waals surface area contributed by atoms with Crippen LogP contribution >= 0.6 is 0 Å². The van der Waals surface area contributed by atoms with Crippen molar-refractivity contribution in [2.24, 2.45) is 0 Å². The van der Waals surface area contributed by atoms with E-state index < -0.39 is 0 Å². The van der Waals surface area contributed by atoms with Crippen LogP contribution in [0.5, 0.6) is 0 Å². The lowest BCUT2D eigenvalue weighted by atomic mass is 9.95. The van der Waals surface area contributed by atoms with Gasteiger partial charge < -0.3 is 14.9 Å². The molecule has 3 heteroatoms. The second kappa shape index (κ2) is 4.93. The van der Waals surface area contributed by atoms with Gasteiger partial charge in [0, 0.05) is 12.8 Å². The van der Waals surface area contributed by atoms with E-state index in [0.29, 0.717) is 12.2 Å². The molecule has 2 aromatic rings. The van der Waals surface area contributed by atoms with Crippen LogP contribution in [-0.2, 0) is 22.3 Å². The first kappa shape index (κ1) is 12.6. The van der Waals surface area contributed by atoms with Gasteiger partial charge in [-0.1, -0.05) is 36.4 Å². The summed E-state index contributed by atoms with van der Waals surface area (Å²) < 4.78 is 10.7. The Kier molecular flexibility index (Phi) is 3.27. The third kappa shape index (κ3) is 2.63. The average molecular weight is 258 g/mol. The van der Waals surface area contributed by atoms with Crippen molar-refractivity contribution in [1.29, 1.82) is 0 Å². The third-order valence-corrected chi connectivity index (χ3v) is 3.80. The molecule has 2 fully saturated rings. The van der Waals surface area contributed by atoms with Crippen molar-refractivity contribution < 1.29 is 14.9 Å². The van der Waals surface area contributed by atoms with E-state index in [1.165, 1.54) is 21.9 Å². The lowest BCUT2D eigenvalue weighted by Crippen LogP contribution is -1.99. The minimum absolute atomic E-state index is 0. The van der Waals surface area contributed by atoms with Crippen LogP contribution in [0.25, 0.3) is 10.8 Å². The van der Waals surface area contributed by atoms with Gasteiger partial charge in [-0.15, -0.1) is 0 Å². The first-order valence-electron chi connectivity index (χ1n) is 6.63. The Bertz CT molecular complexity index is 533. The molecule has 0 amide bonds. The van der Waals surface area contributed by atoms with Crippen LogP contribution in [-0.4, -0.2) is 30.9 Å². The number of hydrogen-bond acceptors (Lipinski definition) is 2. The Balaban J connectivity index is 0.00000110. The summed E-state index contributed by atoms with van der Waals surface area (Å²) in [7, 11) is 0. The number of fused-ring (bicyclic) bond motifs is 1. The van der Waals surface area contributed by atoms with E-state index in [4.69, 9.17) is 9.47 Å². The van der Waals surface area contributed by atoms with Crippen LogP contribution < -0.4 is 0 Å². The standard InChI is InChI=1S/C16H16O2.H2O/c1-2-4-16-12(8-14-10-18-14)6-5-11(15(16)3-1)7-13-9-17-13;/h1-6,13-14H,7-10H2;1H2. The van der Waals surface area contributed by atoms with Crippen molar-refractivity contribution >= 4 is 10.8 Å². The van der Waals surface area contributed by atoms with Crippen LogP contribution in [0.3, 0.4) is 0 Å². The van der Waals surface area contributed by atoms with E-state index in [2.05, 4.69) is 36.4 Å². The van der Waals surface area contributed by atoms with E-state index in [1.807, 2.05) is 0 Å². The maximum Gasteiger partial charge on any atom is 0.0850 e. The zero-order valence-electron chi connectivity index (χ0n) is 10.8. The lowest BCUT2D eigenvalue weighted by Gasteiger charge is -2.10. The number of epoxide rings is 2. The minimum Gasteiger partial charge on any atom is -0.412 e. The van der Waals surface area contributed by atoms with E-state index in [1.54, 1.807) is 0 Å². The molecule has 2 heterocycles. The topological polar surface area (TPSA) is 56.6 Å². The summed E-state index contributed by atoms with van der Waals surface area (Å²) in [5.41, 5.74) is 2.82. The Morgan fingerprint density at radius 1 is 0.789 bits per heavy atom. The van der Waals surface area contributed by atoms with Gasteiger partial charge in [-0.2, -0.15) is 0 Å². The Hall–Kier alpha value is -1.42. The molecule has 100 valence electrons. The van der Waals surface area contributed by atoms with E-state index in [-0.39, 0.29) is 5.48 Å². The summed E-state index contributed by atoms with van der Waals surface area (Å²) in [6.07, 6.45) is 2.98. The molecule has 0 aromatic heterocycles. The summed E-state index contributed by atoms with van der Waals surface area (Å²) in [6, 6.07) is 13.2. The predicted molar refractivity (Wildman–Crippen MR) is 74.4 cm³/mol. The Morgan fingerprint density at radius 2 is 1.21 bits per heavy atom. The van der Waals surface area contributed by atoms with Gasteiger partial charge in [0.1, 0.15) is 0 Å². The maximum absolute atomic E-state index is 5.35. The largest absolute Gasteiger partial charge is 0.412 e. The fourth-order valence-corrected chi connectivity index (χ4v) is 2.64. The summed E-state index contributed by atoms with van der Waals surface area (Å²) in [4.78, 5) is 0. The maximum atomic E-state index is 5.35. The first-order valence-corrected chi connectivity index (χ1v) is 6.63. The fraction of sp³-hybridized carbons (Fsp3) is 0.375. The van der Waals surface area contributed by atoms with Crippen molar-refractivity contribution in [2.45, 2.75) is 25.0 Å². The lowest BCUT2D eigenvalue weighted by molar-refractivity contribution is 0.407. The van der Waals surface area contributed by atoms with Crippen molar-refractivity contribution in [2.75, 3.05) is 13.2 Å². The molecular weight excluding hydrogens is 240 g/mol. The molecular formula is C16H18O3. The molecule has 2 unspecified atom stereocenters. The predicted octanol–water partition coefficient (Wildman–Crippen LogP) is 1.90. The van der Waals surface area contributed by atoms with Gasteiger partial charge in [0.2, 0.25) is 0 Å². The normalized spacial score (nSPS) is 24.0. The van der Waals surface area contributed by atoms with Gasteiger partial charge in [-0.3, -0.25) is 0 Å². The number of benzene rings is 2. The molecule has 0 aliphatic carbocycles. The fourth-order valence-electron chi connectivity index (χ4n) is 2.64. The van der Waals surface area contributed by atoms with Gasteiger partial charge in [0.05, 0.1) is 25.4 Å². The Labute approximate surface area is 112 Å². The molecule has 2 atom stereocenters. The SMILES string of the molecule is O.c1ccc2c(CC3CO3)ccc(CC3CO3)c2c1. The van der Waals surface area contributed by atoms with Gasteiger partial charge in [-0.25, -0.2) is 0 Å². The van der Waals surface area contributed by atoms with E-state index >= 15 is 0 Å². The summed E-state index contributed by atoms with van der Waals surface area (Å²) in [5, 5.41) is 2.76. The van der Waals surface area contributed by atoms with Gasteiger partial charge >= 0.3 is 0 Å². The molecule has 4 rings (SSSR count). The highest BCUT2D eigenvalue weighted by Crippen LogP contribution is 2.29. The summed E-state index contributed by atoms with van der Waals surface area (Å²) >= 11 is 0. The molecule has 3 nitrogen and oxygen atoms in total. The van der Waals surface area contributed by atoms with Crippen molar-refractivity contribution in [3.8, 4) is 0 Å². The second-order valence-electron chi connectivity index (χ2n) is 5.25. The van der Waals surface area contributed by atoms with E-state index in [9.17, 15) is 0 Å². The van der Waals surface area contributed by atoms with Gasteiger partial charge in [0.25, 0.3) is 0 Å². The molecule has 2 aromatic carbocycles. The molecule has 0 spiro atoms. The average Bonchev–Trinajstić information content (AvgIpc) is 3.27. The molecule has 2 aliphatic rings. The van der Waals surface area contributed by atoms with Gasteiger partial charge in [0.15, 0.2) is 0 Å². The number of hydrogen-bond donors (Lipinski definition) is 0. The summed E-state index contributed by atoms with van der Waals surface area (Å²) in [6.45, 7) is 1.85. The monoisotopic (exact) mass is 258 g/mol. The molecule has 2 aliphatic heterocycles. The van der Waals surface area contributed by atoms with Crippen molar-refractivity contribution in [1.82, 2.24) is 0 Å². The highest BCUT2D eigenvalue weighted by molar-refractivity contribution is 5.88. The summed E-state index contributed by atoms with van der Waals surface area (Å²) in [5.74, 6) is 0. The molecule has 0 saturated carbocycles. The zero-order chi connectivity index (χ0) is 11.9. The van der Waals surface area contributed by atoms with Crippen LogP contribution in [0.4, 0.5) is 0 Å². The quantitative estimate of drug-likeness (QED) is 0.786. The Morgan fingerprint density at radius 3 is 1.58 bits per heavy atom. The van der Waals surface area contributed by atoms with Crippen LogP contribution in [0.1, 0.15) is 11.1 Å². The number of ether oxygens (including phenoxy) is 2. The van der Waals surface area contributed by atoms with Crippen molar-refractivity contribution in [3.63, 3.8) is 0 Å². The molecule has 0 bridgehead atoms. The molecule has 19 heavy (non-hydrogen) atoms. The number of rotatable bonds is 4. The highest BCUT2D eigenvalue weighted by atomic mass is 16.6. The smallest absolute Gasteiger partial charge is 0.0850 e. The molecule has 2 N–H and O–H groups in total. The van der Waals surface area contributed by atoms with Crippen LogP contribution in [0.2, 0.25) is 0 Å². The van der Waals surface area contributed by atoms with Crippen LogP contribution in [0, 0.1) is 0 Å². The van der Waals surface area contributed by atoms with Crippen molar-refractivity contribution in [3.05, 3.63) is 47.5 Å². The van der Waals surface area contributed by atoms with Crippen LogP contribution in [0.15, 0.2) is 36.4 Å².